The number of nitrogens with one attached hydrogen (secondary N) is 1. The van der Waals surface area contributed by atoms with Crippen LogP contribution < -0.4 is 24.4 Å². The molecule has 6 heteroatoms. The second kappa shape index (κ2) is 8.10. The number of methoxy groups -OCH3 is 3. The summed E-state index contributed by atoms with van der Waals surface area (Å²) in [5.74, 6) is 1.51. The molecule has 2 aromatic carbocycles. The Morgan fingerprint density at radius 2 is 1.58 bits per heavy atom. The fraction of sp³-hybridized carbons (Fsp3) is 0.278. The van der Waals surface area contributed by atoms with Crippen LogP contribution in [0.5, 0.6) is 17.2 Å². The van der Waals surface area contributed by atoms with Crippen molar-refractivity contribution in [3.63, 3.8) is 0 Å². The zero-order chi connectivity index (χ0) is 17.5. The van der Waals surface area contributed by atoms with Gasteiger partial charge in [0.25, 0.3) is 0 Å². The van der Waals surface area contributed by atoms with E-state index in [1.165, 1.54) is 0 Å². The molecule has 0 saturated carbocycles. The van der Waals surface area contributed by atoms with Gasteiger partial charge in [-0.2, -0.15) is 0 Å². The van der Waals surface area contributed by atoms with Gasteiger partial charge in [0.05, 0.1) is 27.9 Å². The predicted molar refractivity (Wildman–Crippen MR) is 94.4 cm³/mol. The lowest BCUT2D eigenvalue weighted by molar-refractivity contribution is -0.116. The number of likely N-dealkylation sites (N-methyl/N-ethyl adjacent to an activating group) is 1. The first-order chi connectivity index (χ1) is 11.6. The van der Waals surface area contributed by atoms with Gasteiger partial charge in [-0.15, -0.1) is 0 Å². The van der Waals surface area contributed by atoms with Crippen molar-refractivity contribution < 1.29 is 19.0 Å². The standard InChI is InChI=1S/C18H22N2O4/c1-20(14-8-6-5-7-9-14)17(21)12-19-13-10-15(22-2)18(24-4)16(11-13)23-3/h5-11,19H,12H2,1-4H3. The van der Waals surface area contributed by atoms with E-state index < -0.39 is 0 Å². The van der Waals surface area contributed by atoms with Gasteiger partial charge < -0.3 is 24.4 Å². The van der Waals surface area contributed by atoms with E-state index in [2.05, 4.69) is 5.32 Å². The molecule has 6 nitrogen and oxygen atoms in total. The van der Waals surface area contributed by atoms with Crippen LogP contribution in [0, 0.1) is 0 Å². The normalized spacial score (nSPS) is 10.0. The molecular formula is C18H22N2O4. The van der Waals surface area contributed by atoms with E-state index in [0.717, 1.165) is 5.69 Å². The summed E-state index contributed by atoms with van der Waals surface area (Å²) in [5, 5.41) is 3.09. The Bertz CT molecular complexity index is 664. The smallest absolute Gasteiger partial charge is 0.246 e. The minimum absolute atomic E-state index is 0.0602. The monoisotopic (exact) mass is 330 g/mol. The number of para-hydroxylation sites is 1. The number of nitrogens with zero attached hydrogens (tertiary/aromatic N) is 1. The number of benzene rings is 2. The molecule has 0 radical (unpaired) electrons. The molecule has 0 fully saturated rings. The molecule has 0 aliphatic heterocycles. The van der Waals surface area contributed by atoms with E-state index in [0.29, 0.717) is 22.9 Å². The highest BCUT2D eigenvalue weighted by atomic mass is 16.5. The minimum atomic E-state index is -0.0602. The molecule has 0 unspecified atom stereocenters. The fourth-order valence-electron chi connectivity index (χ4n) is 2.28. The second-order valence-electron chi connectivity index (χ2n) is 5.06. The molecule has 2 aromatic rings. The largest absolute Gasteiger partial charge is 0.493 e. The molecule has 0 saturated heterocycles. The molecule has 128 valence electrons. The summed E-state index contributed by atoms with van der Waals surface area (Å²) in [6, 6.07) is 13.0. The van der Waals surface area contributed by atoms with Gasteiger partial charge in [-0.1, -0.05) is 18.2 Å². The first kappa shape index (κ1) is 17.5. The average Bonchev–Trinajstić information content (AvgIpc) is 2.65. The van der Waals surface area contributed by atoms with Gasteiger partial charge in [0.15, 0.2) is 11.5 Å². The highest BCUT2D eigenvalue weighted by Gasteiger charge is 2.15. The summed E-state index contributed by atoms with van der Waals surface area (Å²) in [7, 11) is 6.39. The first-order valence-corrected chi connectivity index (χ1v) is 7.46. The molecular weight excluding hydrogens is 308 g/mol. The molecule has 1 N–H and O–H groups in total. The highest BCUT2D eigenvalue weighted by molar-refractivity contribution is 5.95. The molecule has 0 atom stereocenters. The number of ether oxygens (including phenoxy) is 3. The van der Waals surface area contributed by atoms with Crippen molar-refractivity contribution in [3.05, 3.63) is 42.5 Å². The minimum Gasteiger partial charge on any atom is -0.493 e. The summed E-state index contributed by atoms with van der Waals surface area (Å²) in [5.41, 5.74) is 1.55. The van der Waals surface area contributed by atoms with E-state index >= 15 is 0 Å². The number of hydrogen-bond donors (Lipinski definition) is 1. The summed E-state index contributed by atoms with van der Waals surface area (Å²) in [6.07, 6.45) is 0. The van der Waals surface area contributed by atoms with Crippen LogP contribution in [-0.4, -0.2) is 40.8 Å². The Balaban J connectivity index is 2.10. The average molecular weight is 330 g/mol. The molecule has 0 aliphatic carbocycles. The molecule has 0 aromatic heterocycles. The Morgan fingerprint density at radius 3 is 2.08 bits per heavy atom. The quantitative estimate of drug-likeness (QED) is 0.846. The van der Waals surface area contributed by atoms with E-state index in [4.69, 9.17) is 14.2 Å². The maximum absolute atomic E-state index is 12.3. The molecule has 1 amide bonds. The zero-order valence-corrected chi connectivity index (χ0v) is 14.3. The molecule has 2 rings (SSSR count). The Morgan fingerprint density at radius 1 is 1.00 bits per heavy atom. The number of carbonyl (C=O) groups excluding carboxylic acids is 1. The lowest BCUT2D eigenvalue weighted by Crippen LogP contribution is -2.32. The van der Waals surface area contributed by atoms with Gasteiger partial charge in [-0.05, 0) is 12.1 Å². The lowest BCUT2D eigenvalue weighted by Gasteiger charge is -2.19. The predicted octanol–water partition coefficient (Wildman–Crippen LogP) is 2.79. The van der Waals surface area contributed by atoms with Crippen LogP contribution in [0.4, 0.5) is 11.4 Å². The number of rotatable bonds is 7. The third-order valence-corrected chi connectivity index (χ3v) is 3.63. The highest BCUT2D eigenvalue weighted by Crippen LogP contribution is 2.39. The summed E-state index contributed by atoms with van der Waals surface area (Å²) < 4.78 is 15.9. The summed E-state index contributed by atoms with van der Waals surface area (Å²) >= 11 is 0. The van der Waals surface area contributed by atoms with Crippen molar-refractivity contribution in [1.29, 1.82) is 0 Å². The number of hydrogen-bond acceptors (Lipinski definition) is 5. The van der Waals surface area contributed by atoms with E-state index in [1.807, 2.05) is 30.3 Å². The van der Waals surface area contributed by atoms with Crippen LogP contribution in [0.15, 0.2) is 42.5 Å². The van der Waals surface area contributed by atoms with Gasteiger partial charge in [0, 0.05) is 30.6 Å². The topological polar surface area (TPSA) is 60.0 Å². The molecule has 24 heavy (non-hydrogen) atoms. The zero-order valence-electron chi connectivity index (χ0n) is 14.3. The first-order valence-electron chi connectivity index (χ1n) is 7.46. The maximum atomic E-state index is 12.3. The third kappa shape index (κ3) is 3.90. The second-order valence-corrected chi connectivity index (χ2v) is 5.06. The summed E-state index contributed by atoms with van der Waals surface area (Å²) in [4.78, 5) is 13.9. The van der Waals surface area contributed by atoms with Crippen molar-refractivity contribution >= 4 is 17.3 Å². The Labute approximate surface area is 141 Å². The lowest BCUT2D eigenvalue weighted by atomic mass is 10.2. The fourth-order valence-corrected chi connectivity index (χ4v) is 2.28. The van der Waals surface area contributed by atoms with Gasteiger partial charge >= 0.3 is 0 Å². The van der Waals surface area contributed by atoms with Crippen molar-refractivity contribution in [3.8, 4) is 17.2 Å². The van der Waals surface area contributed by atoms with Gasteiger partial charge in [0.2, 0.25) is 11.7 Å². The van der Waals surface area contributed by atoms with E-state index in [-0.39, 0.29) is 12.5 Å². The van der Waals surface area contributed by atoms with Crippen LogP contribution in [0.2, 0.25) is 0 Å². The number of carbonyl (C=O) groups is 1. The van der Waals surface area contributed by atoms with Crippen LogP contribution in [0.25, 0.3) is 0 Å². The van der Waals surface area contributed by atoms with Gasteiger partial charge in [-0.25, -0.2) is 0 Å². The van der Waals surface area contributed by atoms with Crippen LogP contribution in [0.3, 0.4) is 0 Å². The molecule has 0 bridgehead atoms. The molecule has 0 spiro atoms. The Hall–Kier alpha value is -2.89. The Kier molecular flexibility index (Phi) is 5.89. The van der Waals surface area contributed by atoms with Crippen molar-refractivity contribution in [2.75, 3.05) is 45.1 Å². The summed E-state index contributed by atoms with van der Waals surface area (Å²) in [6.45, 7) is 0.143. The third-order valence-electron chi connectivity index (χ3n) is 3.63. The van der Waals surface area contributed by atoms with Crippen molar-refractivity contribution in [2.45, 2.75) is 0 Å². The maximum Gasteiger partial charge on any atom is 0.246 e. The number of amides is 1. The molecule has 0 heterocycles. The van der Waals surface area contributed by atoms with Crippen LogP contribution in [0.1, 0.15) is 0 Å². The molecule has 0 aliphatic rings. The van der Waals surface area contributed by atoms with Gasteiger partial charge in [0.1, 0.15) is 0 Å². The van der Waals surface area contributed by atoms with Gasteiger partial charge in [-0.3, -0.25) is 4.79 Å². The van der Waals surface area contributed by atoms with E-state index in [1.54, 1.807) is 45.4 Å². The van der Waals surface area contributed by atoms with Crippen LogP contribution >= 0.6 is 0 Å². The number of anilines is 2. The SMILES string of the molecule is COc1cc(NCC(=O)N(C)c2ccccc2)cc(OC)c1OC. The van der Waals surface area contributed by atoms with E-state index in [9.17, 15) is 4.79 Å². The van der Waals surface area contributed by atoms with Crippen LogP contribution in [-0.2, 0) is 4.79 Å². The van der Waals surface area contributed by atoms with Crippen molar-refractivity contribution in [2.24, 2.45) is 0 Å². The van der Waals surface area contributed by atoms with Crippen molar-refractivity contribution in [1.82, 2.24) is 0 Å².